The van der Waals surface area contributed by atoms with E-state index in [1.54, 1.807) is 18.2 Å². The first kappa shape index (κ1) is 23.7. The fourth-order valence-electron chi connectivity index (χ4n) is 2.89. The quantitative estimate of drug-likeness (QED) is 0.343. The van der Waals surface area contributed by atoms with Crippen LogP contribution < -0.4 is 19.5 Å². The van der Waals surface area contributed by atoms with Crippen LogP contribution in [0.3, 0.4) is 0 Å². The Balaban J connectivity index is 1.40. The van der Waals surface area contributed by atoms with E-state index in [9.17, 15) is 18.0 Å². The zero-order chi connectivity index (χ0) is 24.1. The van der Waals surface area contributed by atoms with Crippen LogP contribution in [0, 0.1) is 0 Å². The van der Waals surface area contributed by atoms with E-state index in [4.69, 9.17) is 23.4 Å². The van der Waals surface area contributed by atoms with Gasteiger partial charge < -0.3 is 28.7 Å². The van der Waals surface area contributed by atoms with Crippen LogP contribution in [0.1, 0.15) is 5.56 Å². The summed E-state index contributed by atoms with van der Waals surface area (Å²) >= 11 is 0.935. The molecule has 1 aliphatic heterocycles. The van der Waals surface area contributed by atoms with Crippen molar-refractivity contribution in [3.63, 3.8) is 0 Å². The molecule has 0 atom stereocenters. The molecule has 2 heterocycles. The molecule has 0 saturated heterocycles. The Labute approximate surface area is 195 Å². The van der Waals surface area contributed by atoms with E-state index in [1.807, 2.05) is 0 Å². The van der Waals surface area contributed by atoms with E-state index >= 15 is 0 Å². The number of anilines is 1. The molecule has 34 heavy (non-hydrogen) atoms. The highest BCUT2D eigenvalue weighted by Gasteiger charge is 2.31. The van der Waals surface area contributed by atoms with Gasteiger partial charge in [-0.3, -0.25) is 4.79 Å². The largest absolute Gasteiger partial charge is 0.489 e. The van der Waals surface area contributed by atoms with Crippen LogP contribution in [0.15, 0.2) is 46.0 Å². The minimum atomic E-state index is -4.58. The van der Waals surface area contributed by atoms with E-state index in [0.717, 1.165) is 30.0 Å². The van der Waals surface area contributed by atoms with Crippen molar-refractivity contribution in [1.29, 1.82) is 0 Å². The van der Waals surface area contributed by atoms with E-state index in [0.29, 0.717) is 17.1 Å². The molecule has 180 valence electrons. The lowest BCUT2D eigenvalue weighted by Crippen LogP contribution is -2.17. The lowest BCUT2D eigenvalue weighted by atomic mass is 10.1. The summed E-state index contributed by atoms with van der Waals surface area (Å²) in [5.41, 5.74) is -0.419. The molecular formula is C21H18F3N3O6S. The van der Waals surface area contributed by atoms with E-state index in [-0.39, 0.29) is 48.3 Å². The number of halogens is 3. The Morgan fingerprint density at radius 3 is 2.74 bits per heavy atom. The number of amides is 1. The lowest BCUT2D eigenvalue weighted by molar-refractivity contribution is -0.137. The van der Waals surface area contributed by atoms with Gasteiger partial charge in [-0.1, -0.05) is 11.8 Å². The van der Waals surface area contributed by atoms with Gasteiger partial charge in [0.25, 0.3) is 5.22 Å². The van der Waals surface area contributed by atoms with Gasteiger partial charge >= 0.3 is 6.18 Å². The molecule has 0 spiro atoms. The third-order valence-electron chi connectivity index (χ3n) is 4.48. The highest BCUT2D eigenvalue weighted by atomic mass is 32.2. The number of hydrogen-bond donors (Lipinski definition) is 1. The Bertz CT molecular complexity index is 1170. The van der Waals surface area contributed by atoms with Gasteiger partial charge in [0.05, 0.1) is 23.6 Å². The molecule has 0 saturated carbocycles. The summed E-state index contributed by atoms with van der Waals surface area (Å²) in [6.45, 7) is 0.459. The number of nitrogens with zero attached hydrogens (tertiary/aromatic N) is 2. The van der Waals surface area contributed by atoms with Crippen molar-refractivity contribution in [2.45, 2.75) is 11.4 Å². The number of thioether (sulfide) groups is 1. The molecule has 1 aromatic heterocycles. The number of alkyl halides is 3. The van der Waals surface area contributed by atoms with Crippen LogP contribution in [-0.2, 0) is 15.7 Å². The topological polar surface area (TPSA) is 105 Å². The number of benzene rings is 2. The first-order valence-corrected chi connectivity index (χ1v) is 10.8. The summed E-state index contributed by atoms with van der Waals surface area (Å²) in [6, 6.07) is 7.97. The fourth-order valence-corrected chi connectivity index (χ4v) is 3.46. The van der Waals surface area contributed by atoms with Crippen molar-refractivity contribution in [3.05, 3.63) is 42.0 Å². The van der Waals surface area contributed by atoms with Crippen molar-refractivity contribution in [2.75, 3.05) is 38.2 Å². The molecule has 3 aromatic rings. The minimum Gasteiger partial charge on any atom is -0.489 e. The second-order valence-electron chi connectivity index (χ2n) is 6.83. The SMILES string of the molecule is COCCOc1ccc(C(F)(F)F)cc1NC(=O)CSc1nnc(-c2ccc3c(c2)OCO3)o1. The second kappa shape index (κ2) is 10.2. The molecule has 0 fully saturated rings. The summed E-state index contributed by atoms with van der Waals surface area (Å²) in [5, 5.41) is 10.4. The predicted molar refractivity (Wildman–Crippen MR) is 114 cm³/mol. The number of carbonyl (C=O) groups is 1. The van der Waals surface area contributed by atoms with Gasteiger partial charge in [0.1, 0.15) is 12.4 Å². The summed E-state index contributed by atoms with van der Waals surface area (Å²) in [5.74, 6) is 0.697. The van der Waals surface area contributed by atoms with Crippen LogP contribution >= 0.6 is 11.8 Å². The number of aromatic nitrogens is 2. The van der Waals surface area contributed by atoms with E-state index < -0.39 is 17.6 Å². The number of methoxy groups -OCH3 is 1. The molecule has 1 N–H and O–H groups in total. The fraction of sp³-hybridized carbons (Fsp3) is 0.286. The zero-order valence-electron chi connectivity index (χ0n) is 17.7. The summed E-state index contributed by atoms with van der Waals surface area (Å²) in [4.78, 5) is 12.4. The number of ether oxygens (including phenoxy) is 4. The first-order valence-electron chi connectivity index (χ1n) is 9.82. The van der Waals surface area contributed by atoms with Crippen molar-refractivity contribution in [1.82, 2.24) is 10.2 Å². The molecule has 0 radical (unpaired) electrons. The van der Waals surface area contributed by atoms with Crippen LogP contribution in [0.25, 0.3) is 11.5 Å². The third kappa shape index (κ3) is 5.72. The maximum absolute atomic E-state index is 13.1. The Morgan fingerprint density at radius 2 is 1.94 bits per heavy atom. The molecule has 0 aliphatic carbocycles. The Morgan fingerprint density at radius 1 is 1.12 bits per heavy atom. The number of fused-ring (bicyclic) bond motifs is 1. The van der Waals surface area contributed by atoms with Gasteiger partial charge in [-0.15, -0.1) is 10.2 Å². The average molecular weight is 497 g/mol. The molecule has 1 amide bonds. The first-order chi connectivity index (χ1) is 16.3. The molecule has 0 bridgehead atoms. The predicted octanol–water partition coefficient (Wildman–Crippen LogP) is 4.24. The minimum absolute atomic E-state index is 0.0892. The molecule has 4 rings (SSSR count). The van der Waals surface area contributed by atoms with E-state index in [2.05, 4.69) is 15.5 Å². The normalized spacial score (nSPS) is 12.6. The molecule has 2 aromatic carbocycles. The van der Waals surface area contributed by atoms with Crippen LogP contribution in [0.4, 0.5) is 18.9 Å². The zero-order valence-corrected chi connectivity index (χ0v) is 18.5. The van der Waals surface area contributed by atoms with E-state index in [1.165, 1.54) is 7.11 Å². The van der Waals surface area contributed by atoms with Gasteiger partial charge in [-0.2, -0.15) is 13.2 Å². The van der Waals surface area contributed by atoms with Crippen molar-refractivity contribution in [2.24, 2.45) is 0 Å². The number of carbonyl (C=O) groups excluding carboxylic acids is 1. The number of nitrogens with one attached hydrogen (secondary N) is 1. The second-order valence-corrected chi connectivity index (χ2v) is 7.75. The van der Waals surface area contributed by atoms with Crippen molar-refractivity contribution >= 4 is 23.4 Å². The maximum atomic E-state index is 13.1. The standard InChI is InChI=1S/C21H18F3N3O6S/c1-29-6-7-30-15-5-3-13(21(22,23)24)9-14(15)25-18(28)10-34-20-27-26-19(33-20)12-2-4-16-17(8-12)32-11-31-16/h2-5,8-9H,6-7,10-11H2,1H3,(H,25,28). The van der Waals surface area contributed by atoms with Gasteiger partial charge in [0, 0.05) is 12.7 Å². The number of hydrogen-bond acceptors (Lipinski definition) is 9. The highest BCUT2D eigenvalue weighted by molar-refractivity contribution is 7.99. The average Bonchev–Trinajstić information content (AvgIpc) is 3.47. The van der Waals surface area contributed by atoms with Gasteiger partial charge in [-0.25, -0.2) is 0 Å². The van der Waals surface area contributed by atoms with Gasteiger partial charge in [0.15, 0.2) is 11.5 Å². The Kier molecular flexibility index (Phi) is 7.12. The third-order valence-corrected chi connectivity index (χ3v) is 5.30. The van der Waals surface area contributed by atoms with Crippen molar-refractivity contribution < 1.29 is 41.3 Å². The smallest absolute Gasteiger partial charge is 0.416 e. The highest BCUT2D eigenvalue weighted by Crippen LogP contribution is 2.37. The summed E-state index contributed by atoms with van der Waals surface area (Å²) in [6.07, 6.45) is -4.58. The van der Waals surface area contributed by atoms with Crippen LogP contribution in [-0.4, -0.2) is 49.0 Å². The van der Waals surface area contributed by atoms with Crippen LogP contribution in [0.5, 0.6) is 17.2 Å². The summed E-state index contributed by atoms with van der Waals surface area (Å²) < 4.78 is 65.7. The van der Waals surface area contributed by atoms with Gasteiger partial charge in [-0.05, 0) is 36.4 Å². The molecule has 0 unspecified atom stereocenters. The molecule has 1 aliphatic rings. The molecular weight excluding hydrogens is 479 g/mol. The molecule has 9 nitrogen and oxygen atoms in total. The van der Waals surface area contributed by atoms with Gasteiger partial charge in [0.2, 0.25) is 18.6 Å². The van der Waals surface area contributed by atoms with Crippen LogP contribution in [0.2, 0.25) is 0 Å². The maximum Gasteiger partial charge on any atom is 0.416 e. The lowest BCUT2D eigenvalue weighted by Gasteiger charge is -2.15. The monoisotopic (exact) mass is 497 g/mol. The Hall–Kier alpha value is -3.45. The molecule has 13 heteroatoms. The number of rotatable bonds is 9. The summed E-state index contributed by atoms with van der Waals surface area (Å²) in [7, 11) is 1.46. The van der Waals surface area contributed by atoms with Crippen molar-refractivity contribution in [3.8, 4) is 28.7 Å².